The molecule has 1 aliphatic heterocycles. The number of carbonyl (C=O) groups excluding carboxylic acids is 2. The fourth-order valence-corrected chi connectivity index (χ4v) is 2.68. The Labute approximate surface area is 129 Å². The average molecular weight is 311 g/mol. The molecule has 1 amide bonds. The van der Waals surface area contributed by atoms with E-state index >= 15 is 0 Å². The highest BCUT2D eigenvalue weighted by Crippen LogP contribution is 2.22. The van der Waals surface area contributed by atoms with Crippen molar-refractivity contribution in [3.05, 3.63) is 28.8 Å². The number of nitrogens with one attached hydrogen (secondary N) is 2. The lowest BCUT2D eigenvalue weighted by Gasteiger charge is -2.29. The van der Waals surface area contributed by atoms with Gasteiger partial charge in [0.1, 0.15) is 0 Å². The molecule has 0 bridgehead atoms. The van der Waals surface area contributed by atoms with Gasteiger partial charge in [-0.25, -0.2) is 4.79 Å². The summed E-state index contributed by atoms with van der Waals surface area (Å²) in [5.41, 5.74) is 0.769. The zero-order valence-corrected chi connectivity index (χ0v) is 12.9. The molecule has 0 radical (unpaired) electrons. The molecule has 0 aliphatic carbocycles. The molecule has 1 aliphatic rings. The highest BCUT2D eigenvalue weighted by molar-refractivity contribution is 6.33. The Balaban J connectivity index is 2.12. The summed E-state index contributed by atoms with van der Waals surface area (Å²) < 4.78 is 4.66. The number of rotatable bonds is 3. The minimum atomic E-state index is -0.528. The van der Waals surface area contributed by atoms with Gasteiger partial charge in [-0.15, -0.1) is 0 Å². The van der Waals surface area contributed by atoms with E-state index in [1.807, 2.05) is 0 Å². The summed E-state index contributed by atoms with van der Waals surface area (Å²) >= 11 is 5.95. The molecule has 2 N–H and O–H groups in total. The summed E-state index contributed by atoms with van der Waals surface area (Å²) in [6.45, 7) is 2.90. The van der Waals surface area contributed by atoms with Gasteiger partial charge in [0.2, 0.25) is 5.91 Å². The van der Waals surface area contributed by atoms with Crippen LogP contribution in [-0.4, -0.2) is 31.6 Å². The Hall–Kier alpha value is -1.59. The van der Waals surface area contributed by atoms with Crippen molar-refractivity contribution < 1.29 is 14.3 Å². The van der Waals surface area contributed by atoms with E-state index < -0.39 is 5.97 Å². The molecule has 0 saturated carbocycles. The van der Waals surface area contributed by atoms with Gasteiger partial charge in [-0.3, -0.25) is 4.79 Å². The maximum atomic E-state index is 12.3. The quantitative estimate of drug-likeness (QED) is 0.842. The van der Waals surface area contributed by atoms with E-state index in [2.05, 4.69) is 22.3 Å². The van der Waals surface area contributed by atoms with E-state index in [4.69, 9.17) is 11.6 Å². The summed E-state index contributed by atoms with van der Waals surface area (Å²) in [7, 11) is 1.29. The number of halogens is 1. The van der Waals surface area contributed by atoms with Crippen molar-refractivity contribution in [2.45, 2.75) is 25.8 Å². The monoisotopic (exact) mass is 310 g/mol. The zero-order valence-electron chi connectivity index (χ0n) is 12.1. The lowest BCUT2D eigenvalue weighted by Crippen LogP contribution is -2.48. The lowest BCUT2D eigenvalue weighted by atomic mass is 9.92. The molecule has 6 heteroatoms. The standard InChI is InChI=1S/C15H19ClN2O3/c1-9-4-3-7-17-13(9)14(19)18-10-5-6-12(16)11(8-10)15(20)21-2/h5-6,8-9,13,17H,3-4,7H2,1-2H3,(H,18,19). The largest absolute Gasteiger partial charge is 0.465 e. The Morgan fingerprint density at radius 3 is 2.86 bits per heavy atom. The molecule has 5 nitrogen and oxygen atoms in total. The molecule has 1 heterocycles. The SMILES string of the molecule is COC(=O)c1cc(NC(=O)C2NCCCC2C)ccc1Cl. The number of anilines is 1. The number of esters is 1. The lowest BCUT2D eigenvalue weighted by molar-refractivity contribution is -0.119. The molecule has 1 fully saturated rings. The van der Waals surface area contributed by atoms with Crippen LogP contribution in [-0.2, 0) is 9.53 Å². The van der Waals surface area contributed by atoms with E-state index in [9.17, 15) is 9.59 Å². The van der Waals surface area contributed by atoms with E-state index in [0.717, 1.165) is 19.4 Å². The second-order valence-corrected chi connectivity index (χ2v) is 5.63. The molecule has 114 valence electrons. The van der Waals surface area contributed by atoms with Gasteiger partial charge in [0.05, 0.1) is 23.7 Å². The first-order valence-corrected chi connectivity index (χ1v) is 7.33. The maximum absolute atomic E-state index is 12.3. The van der Waals surface area contributed by atoms with Crippen LogP contribution in [0.5, 0.6) is 0 Å². The Kier molecular flexibility index (Phi) is 5.20. The molecule has 1 saturated heterocycles. The van der Waals surface area contributed by atoms with Crippen LogP contribution in [0.1, 0.15) is 30.1 Å². The minimum absolute atomic E-state index is 0.0969. The summed E-state index contributed by atoms with van der Waals surface area (Å²) in [5.74, 6) is -0.341. The number of carbonyl (C=O) groups is 2. The number of methoxy groups -OCH3 is 1. The molecule has 2 unspecified atom stereocenters. The van der Waals surface area contributed by atoms with Crippen LogP contribution in [0.3, 0.4) is 0 Å². The Bertz CT molecular complexity index is 548. The molecule has 2 rings (SSSR count). The molecular formula is C15H19ClN2O3. The first-order chi connectivity index (χ1) is 10.0. The average Bonchev–Trinajstić information content (AvgIpc) is 2.48. The van der Waals surface area contributed by atoms with Crippen LogP contribution in [0.25, 0.3) is 0 Å². The van der Waals surface area contributed by atoms with Gasteiger partial charge in [0.15, 0.2) is 0 Å². The van der Waals surface area contributed by atoms with Crippen molar-refractivity contribution in [3.8, 4) is 0 Å². The summed E-state index contributed by atoms with van der Waals surface area (Å²) in [5, 5.41) is 6.34. The van der Waals surface area contributed by atoms with E-state index in [1.54, 1.807) is 12.1 Å². The smallest absolute Gasteiger partial charge is 0.339 e. The summed E-state index contributed by atoms with van der Waals surface area (Å²) in [6, 6.07) is 4.55. The minimum Gasteiger partial charge on any atom is -0.465 e. The van der Waals surface area contributed by atoms with E-state index in [1.165, 1.54) is 13.2 Å². The van der Waals surface area contributed by atoms with Crippen LogP contribution in [0, 0.1) is 5.92 Å². The van der Waals surface area contributed by atoms with Gasteiger partial charge in [0.25, 0.3) is 0 Å². The fraction of sp³-hybridized carbons (Fsp3) is 0.467. The van der Waals surface area contributed by atoms with Crippen molar-refractivity contribution in [1.29, 1.82) is 0 Å². The Morgan fingerprint density at radius 1 is 1.43 bits per heavy atom. The van der Waals surface area contributed by atoms with Crippen molar-refractivity contribution >= 4 is 29.2 Å². The fourth-order valence-electron chi connectivity index (χ4n) is 2.49. The van der Waals surface area contributed by atoms with E-state index in [0.29, 0.717) is 10.7 Å². The van der Waals surface area contributed by atoms with Gasteiger partial charge in [-0.05, 0) is 43.5 Å². The number of hydrogen-bond acceptors (Lipinski definition) is 4. The highest BCUT2D eigenvalue weighted by atomic mass is 35.5. The van der Waals surface area contributed by atoms with Gasteiger partial charge in [0, 0.05) is 5.69 Å². The van der Waals surface area contributed by atoms with Crippen molar-refractivity contribution in [2.75, 3.05) is 19.0 Å². The van der Waals surface area contributed by atoms with Gasteiger partial charge >= 0.3 is 5.97 Å². The van der Waals surface area contributed by atoms with Crippen molar-refractivity contribution in [3.63, 3.8) is 0 Å². The van der Waals surface area contributed by atoms with Crippen LogP contribution in [0.15, 0.2) is 18.2 Å². The third-order valence-corrected chi connectivity index (χ3v) is 4.02. The van der Waals surface area contributed by atoms with Crippen molar-refractivity contribution in [1.82, 2.24) is 5.32 Å². The molecular weight excluding hydrogens is 292 g/mol. The number of amides is 1. The molecule has 0 spiro atoms. The van der Waals surface area contributed by atoms with Crippen LogP contribution in [0.4, 0.5) is 5.69 Å². The number of hydrogen-bond donors (Lipinski definition) is 2. The molecule has 1 aromatic rings. The second kappa shape index (κ2) is 6.91. The van der Waals surface area contributed by atoms with Crippen LogP contribution in [0.2, 0.25) is 5.02 Å². The number of ether oxygens (including phenoxy) is 1. The van der Waals surface area contributed by atoms with Gasteiger partial charge in [-0.1, -0.05) is 18.5 Å². The van der Waals surface area contributed by atoms with Crippen LogP contribution >= 0.6 is 11.6 Å². The van der Waals surface area contributed by atoms with Gasteiger partial charge < -0.3 is 15.4 Å². The van der Waals surface area contributed by atoms with Crippen molar-refractivity contribution in [2.24, 2.45) is 5.92 Å². The topological polar surface area (TPSA) is 67.4 Å². The molecule has 0 aromatic heterocycles. The third-order valence-electron chi connectivity index (χ3n) is 3.69. The predicted octanol–water partition coefficient (Wildman–Crippen LogP) is 2.45. The normalized spacial score (nSPS) is 21.7. The summed E-state index contributed by atoms with van der Waals surface area (Å²) in [6.07, 6.45) is 2.11. The zero-order chi connectivity index (χ0) is 15.4. The Morgan fingerprint density at radius 2 is 2.19 bits per heavy atom. The van der Waals surface area contributed by atoms with Crippen LogP contribution < -0.4 is 10.6 Å². The molecule has 21 heavy (non-hydrogen) atoms. The maximum Gasteiger partial charge on any atom is 0.339 e. The second-order valence-electron chi connectivity index (χ2n) is 5.23. The molecule has 2 atom stereocenters. The first kappa shape index (κ1) is 15.8. The predicted molar refractivity (Wildman–Crippen MR) is 81.6 cm³/mol. The molecule has 1 aromatic carbocycles. The number of piperidine rings is 1. The third kappa shape index (κ3) is 3.74. The van der Waals surface area contributed by atoms with Gasteiger partial charge in [-0.2, -0.15) is 0 Å². The highest BCUT2D eigenvalue weighted by Gasteiger charge is 2.27. The number of benzene rings is 1. The first-order valence-electron chi connectivity index (χ1n) is 6.95. The summed E-state index contributed by atoms with van der Waals surface area (Å²) in [4.78, 5) is 23.9. The van der Waals surface area contributed by atoms with E-state index in [-0.39, 0.29) is 23.4 Å².